The lowest BCUT2D eigenvalue weighted by molar-refractivity contribution is -0.453. The first kappa shape index (κ1) is 50.4. The first-order chi connectivity index (χ1) is 25.7. The smallest absolute Gasteiger partial charge is 0.194 e. The van der Waals surface area contributed by atoms with Crippen molar-refractivity contribution >= 4 is 34.0 Å². The number of thiophene rings is 3. The Labute approximate surface area is 315 Å². The van der Waals surface area contributed by atoms with Gasteiger partial charge < -0.3 is 0 Å². The van der Waals surface area contributed by atoms with Crippen LogP contribution in [0.4, 0.5) is 132 Å². The Morgan fingerprint density at radius 1 is 0.271 bits per heavy atom. The summed E-state index contributed by atoms with van der Waals surface area (Å²) in [5, 5.41) is 0.255. The molecule has 0 atom stereocenters. The molecule has 3 aromatic rings. The van der Waals surface area contributed by atoms with Crippen LogP contribution < -0.4 is 0 Å². The van der Waals surface area contributed by atoms with E-state index in [2.05, 4.69) is 0 Å². The summed E-state index contributed by atoms with van der Waals surface area (Å²) in [6, 6.07) is -0.515. The monoisotopic (exact) mass is 984 g/mol. The lowest BCUT2D eigenvalue weighted by Gasteiger charge is -2.41. The summed E-state index contributed by atoms with van der Waals surface area (Å²) in [4.78, 5) is -5.90. The Kier molecular flexibility index (Phi) is 11.7. The Bertz CT molecular complexity index is 1840. The van der Waals surface area contributed by atoms with Crippen molar-refractivity contribution in [2.24, 2.45) is 0 Å². The summed E-state index contributed by atoms with van der Waals surface area (Å²) < 4.78 is 413. The van der Waals surface area contributed by atoms with E-state index in [0.717, 1.165) is 0 Å². The highest BCUT2D eigenvalue weighted by Gasteiger charge is 2.95. The molecule has 0 aliphatic carbocycles. The first-order valence-corrected chi connectivity index (χ1v) is 16.2. The fourth-order valence-electron chi connectivity index (χ4n) is 4.35. The second-order valence-electron chi connectivity index (χ2n) is 11.4. The van der Waals surface area contributed by atoms with Gasteiger partial charge in [0.1, 0.15) is 0 Å². The van der Waals surface area contributed by atoms with E-state index in [9.17, 15) is 114 Å². The summed E-state index contributed by atoms with van der Waals surface area (Å²) in [5.41, 5.74) is -5.46. The SMILES string of the molecule is FC(F)(F)C(F)(F)C(F)(F)C(F)(F)C(F)(F)C(F)(F)C(F)(F)c1ccsc1-c1ccc(-c2sccc2C(F)(F)C(F)(F)C(F)(F)C(F)(F)C(F)(F)C(F)(F)C(F)(F)F)s1. The molecule has 59 heavy (non-hydrogen) atoms. The summed E-state index contributed by atoms with van der Waals surface area (Å²) in [5.74, 6) is -98.8. The molecule has 3 rings (SSSR count). The molecule has 3 aromatic heterocycles. The molecule has 338 valence electrons. The van der Waals surface area contributed by atoms with Crippen molar-refractivity contribution in [3.63, 3.8) is 0 Å². The Morgan fingerprint density at radius 2 is 0.492 bits per heavy atom. The highest BCUT2D eigenvalue weighted by Crippen LogP contribution is 2.67. The van der Waals surface area contributed by atoms with Gasteiger partial charge in [-0.05, 0) is 35.0 Å². The Hall–Kier alpha value is -3.00. The van der Waals surface area contributed by atoms with Crippen molar-refractivity contribution in [2.45, 2.75) is 83.4 Å². The Morgan fingerprint density at radius 3 is 0.729 bits per heavy atom. The quantitative estimate of drug-likeness (QED) is 0.141. The van der Waals surface area contributed by atoms with Crippen molar-refractivity contribution < 1.29 is 132 Å². The number of hydrogen-bond donors (Lipinski definition) is 0. The number of hydrogen-bond acceptors (Lipinski definition) is 3. The van der Waals surface area contributed by atoms with E-state index in [0.29, 0.717) is 0 Å². The molecule has 0 unspecified atom stereocenters. The third-order valence-electron chi connectivity index (χ3n) is 7.72. The van der Waals surface area contributed by atoms with Crippen LogP contribution in [0.25, 0.3) is 19.5 Å². The molecule has 0 aliphatic rings. The van der Waals surface area contributed by atoms with Gasteiger partial charge in [-0.3, -0.25) is 0 Å². The van der Waals surface area contributed by atoms with Crippen LogP contribution in [0.15, 0.2) is 35.0 Å². The Balaban J connectivity index is 2.14. The van der Waals surface area contributed by atoms with Crippen molar-refractivity contribution in [1.29, 1.82) is 0 Å². The maximum atomic E-state index is 15.0. The molecule has 0 amide bonds. The fraction of sp³-hybridized carbons (Fsp3) is 0.538. The van der Waals surface area contributed by atoms with Crippen molar-refractivity contribution in [2.75, 3.05) is 0 Å². The molecule has 0 spiro atoms. The summed E-state index contributed by atoms with van der Waals surface area (Å²) in [6.45, 7) is 0. The average molecular weight is 984 g/mol. The van der Waals surface area contributed by atoms with Gasteiger partial charge in [-0.2, -0.15) is 132 Å². The maximum Gasteiger partial charge on any atom is 0.460 e. The molecule has 0 aliphatic heterocycles. The molecule has 0 saturated heterocycles. The van der Waals surface area contributed by atoms with Crippen LogP contribution >= 0.6 is 34.0 Å². The number of halogens is 30. The van der Waals surface area contributed by atoms with Gasteiger partial charge in [0.15, 0.2) is 0 Å². The zero-order valence-corrected chi connectivity index (χ0v) is 28.5. The van der Waals surface area contributed by atoms with Gasteiger partial charge in [0.05, 0.1) is 9.75 Å². The van der Waals surface area contributed by atoms with E-state index in [1.807, 2.05) is 0 Å². The van der Waals surface area contributed by atoms with Gasteiger partial charge in [-0.15, -0.1) is 34.0 Å². The number of rotatable bonds is 14. The van der Waals surface area contributed by atoms with E-state index in [1.54, 1.807) is 0 Å². The molecular formula is C26H6F30S3. The van der Waals surface area contributed by atoms with Gasteiger partial charge in [0.25, 0.3) is 0 Å². The zero-order chi connectivity index (χ0) is 46.8. The molecule has 0 nitrogen and oxygen atoms in total. The lowest BCUT2D eigenvalue weighted by atomic mass is 9.88. The van der Waals surface area contributed by atoms with Crippen LogP contribution in [0, 0.1) is 0 Å². The first-order valence-electron chi connectivity index (χ1n) is 13.6. The summed E-state index contributed by atoms with van der Waals surface area (Å²) >= 11 is -1.32. The van der Waals surface area contributed by atoms with Gasteiger partial charge in [0.2, 0.25) is 0 Å². The predicted octanol–water partition coefficient (Wildman–Crippen LogP) is 14.9. The van der Waals surface area contributed by atoms with Gasteiger partial charge in [0, 0.05) is 20.9 Å². The summed E-state index contributed by atoms with van der Waals surface area (Å²) in [6.07, 6.45) is -15.8. The van der Waals surface area contributed by atoms with Crippen LogP contribution in [0.1, 0.15) is 11.1 Å². The highest BCUT2D eigenvalue weighted by molar-refractivity contribution is 7.26. The molecule has 0 aromatic carbocycles. The fourth-order valence-corrected chi connectivity index (χ4v) is 7.50. The third kappa shape index (κ3) is 6.51. The minimum absolute atomic E-state index is 0.127. The molecule has 0 saturated carbocycles. The molecule has 3 heterocycles. The molecule has 0 bridgehead atoms. The van der Waals surface area contributed by atoms with E-state index in [1.165, 1.54) is 0 Å². The van der Waals surface area contributed by atoms with Crippen LogP contribution in [0.5, 0.6) is 0 Å². The standard InChI is InChI=1S/C26H6F30S3/c27-13(28,15(31,32)17(35,36)19(39,40)21(43,44)23(47,48)25(51,52)53)7-3-5-57-11(7)9-1-2-10(59-9)12-8(4-6-58-12)14(29,30)16(33,34)18(37,38)20(41,42)22(45,46)24(49,50)26(54,55)56/h1-6H. The van der Waals surface area contributed by atoms with Gasteiger partial charge >= 0.3 is 83.4 Å². The van der Waals surface area contributed by atoms with Crippen molar-refractivity contribution in [3.8, 4) is 19.5 Å². The minimum Gasteiger partial charge on any atom is -0.194 e. The van der Waals surface area contributed by atoms with E-state index < -0.39 is 160 Å². The van der Waals surface area contributed by atoms with Gasteiger partial charge in [-0.1, -0.05) is 0 Å². The molecule has 33 heteroatoms. The normalized spacial score (nSPS) is 16.0. The average Bonchev–Trinajstić information content (AvgIpc) is 3.83. The van der Waals surface area contributed by atoms with E-state index in [-0.39, 0.29) is 22.9 Å². The topological polar surface area (TPSA) is 0 Å². The minimum atomic E-state index is -8.71. The largest absolute Gasteiger partial charge is 0.460 e. The molecule has 0 fully saturated rings. The van der Waals surface area contributed by atoms with Crippen molar-refractivity contribution in [3.05, 3.63) is 46.2 Å². The van der Waals surface area contributed by atoms with Crippen molar-refractivity contribution in [1.82, 2.24) is 0 Å². The van der Waals surface area contributed by atoms with E-state index >= 15 is 17.6 Å². The van der Waals surface area contributed by atoms with Crippen LogP contribution in [0.3, 0.4) is 0 Å². The highest BCUT2D eigenvalue weighted by atomic mass is 32.1. The third-order valence-corrected chi connectivity index (χ3v) is 11.0. The van der Waals surface area contributed by atoms with Gasteiger partial charge in [-0.25, -0.2) is 0 Å². The van der Waals surface area contributed by atoms with E-state index in [4.69, 9.17) is 0 Å². The summed E-state index contributed by atoms with van der Waals surface area (Å²) in [7, 11) is 0. The molecular weight excluding hydrogens is 978 g/mol. The lowest BCUT2D eigenvalue weighted by Crippen LogP contribution is -2.72. The predicted molar refractivity (Wildman–Crippen MR) is 140 cm³/mol. The second kappa shape index (κ2) is 13.8. The number of alkyl halides is 30. The van der Waals surface area contributed by atoms with Crippen LogP contribution in [-0.2, 0) is 11.8 Å². The maximum absolute atomic E-state index is 15.0. The van der Waals surface area contributed by atoms with Crippen LogP contribution in [0.2, 0.25) is 0 Å². The molecule has 0 radical (unpaired) electrons. The zero-order valence-electron chi connectivity index (χ0n) is 26.0. The second-order valence-corrected chi connectivity index (χ2v) is 14.3. The molecule has 0 N–H and O–H groups in total. The van der Waals surface area contributed by atoms with Crippen LogP contribution in [-0.4, -0.2) is 71.6 Å².